The van der Waals surface area contributed by atoms with Crippen molar-refractivity contribution in [2.45, 2.75) is 33.6 Å². The SMILES string of the molecule is Cc1cccc(CCNC(=O)N2CC(C)CC(C)C2)c1. The van der Waals surface area contributed by atoms with E-state index in [1.54, 1.807) is 0 Å². The molecule has 1 fully saturated rings. The van der Waals surface area contributed by atoms with E-state index < -0.39 is 0 Å². The Hall–Kier alpha value is -1.51. The third-order valence-corrected chi connectivity index (χ3v) is 3.93. The first-order chi connectivity index (χ1) is 9.54. The Kier molecular flexibility index (Phi) is 5.05. The van der Waals surface area contributed by atoms with E-state index in [2.05, 4.69) is 50.4 Å². The first kappa shape index (κ1) is 14.9. The lowest BCUT2D eigenvalue weighted by atomic mass is 9.92. The van der Waals surface area contributed by atoms with Crippen molar-refractivity contribution in [1.29, 1.82) is 0 Å². The van der Waals surface area contributed by atoms with Gasteiger partial charge in [-0.1, -0.05) is 43.7 Å². The number of nitrogens with one attached hydrogen (secondary N) is 1. The molecule has 1 N–H and O–H groups in total. The van der Waals surface area contributed by atoms with E-state index in [9.17, 15) is 4.79 Å². The average Bonchev–Trinajstić information content (AvgIpc) is 2.37. The zero-order valence-corrected chi connectivity index (χ0v) is 12.9. The van der Waals surface area contributed by atoms with Crippen molar-refractivity contribution in [1.82, 2.24) is 10.2 Å². The van der Waals surface area contributed by atoms with E-state index in [-0.39, 0.29) is 6.03 Å². The van der Waals surface area contributed by atoms with Crippen LogP contribution in [0.25, 0.3) is 0 Å². The molecule has 2 amide bonds. The summed E-state index contributed by atoms with van der Waals surface area (Å²) in [4.78, 5) is 14.1. The number of benzene rings is 1. The van der Waals surface area contributed by atoms with Gasteiger partial charge in [-0.2, -0.15) is 0 Å². The molecule has 3 nitrogen and oxygen atoms in total. The van der Waals surface area contributed by atoms with Crippen molar-refractivity contribution in [3.8, 4) is 0 Å². The molecule has 110 valence electrons. The van der Waals surface area contributed by atoms with E-state index in [1.165, 1.54) is 17.5 Å². The van der Waals surface area contributed by atoms with Crippen molar-refractivity contribution in [3.63, 3.8) is 0 Å². The van der Waals surface area contributed by atoms with Crippen LogP contribution in [-0.2, 0) is 6.42 Å². The monoisotopic (exact) mass is 274 g/mol. The quantitative estimate of drug-likeness (QED) is 0.901. The molecular formula is C17H26N2O. The van der Waals surface area contributed by atoms with Gasteiger partial charge < -0.3 is 10.2 Å². The van der Waals surface area contributed by atoms with Crippen LogP contribution in [0.15, 0.2) is 24.3 Å². The van der Waals surface area contributed by atoms with Crippen LogP contribution in [0.4, 0.5) is 4.79 Å². The molecule has 0 aliphatic carbocycles. The van der Waals surface area contributed by atoms with E-state index in [0.29, 0.717) is 18.4 Å². The van der Waals surface area contributed by atoms with Crippen LogP contribution in [0.5, 0.6) is 0 Å². The van der Waals surface area contributed by atoms with Crippen molar-refractivity contribution in [2.75, 3.05) is 19.6 Å². The third kappa shape index (κ3) is 4.26. The fraction of sp³-hybridized carbons (Fsp3) is 0.588. The molecule has 1 saturated heterocycles. The second kappa shape index (κ2) is 6.78. The summed E-state index contributed by atoms with van der Waals surface area (Å²) in [5.41, 5.74) is 2.55. The Labute approximate surface area is 122 Å². The Bertz CT molecular complexity index is 448. The summed E-state index contributed by atoms with van der Waals surface area (Å²) in [6, 6.07) is 8.55. The number of amides is 2. The van der Waals surface area contributed by atoms with Gasteiger partial charge in [-0.3, -0.25) is 0 Å². The highest BCUT2D eigenvalue weighted by atomic mass is 16.2. The Balaban J connectivity index is 1.77. The van der Waals surface area contributed by atoms with Crippen molar-refractivity contribution in [3.05, 3.63) is 35.4 Å². The predicted octanol–water partition coefficient (Wildman–Crippen LogP) is 3.23. The normalized spacial score (nSPS) is 22.6. The maximum absolute atomic E-state index is 12.2. The molecule has 20 heavy (non-hydrogen) atoms. The van der Waals surface area contributed by atoms with E-state index >= 15 is 0 Å². The Morgan fingerprint density at radius 3 is 2.65 bits per heavy atom. The number of hydrogen-bond acceptors (Lipinski definition) is 1. The van der Waals surface area contributed by atoms with Gasteiger partial charge in [-0.05, 0) is 37.2 Å². The number of hydrogen-bond donors (Lipinski definition) is 1. The summed E-state index contributed by atoms with van der Waals surface area (Å²) < 4.78 is 0. The van der Waals surface area contributed by atoms with Crippen LogP contribution < -0.4 is 5.32 Å². The number of nitrogens with zero attached hydrogens (tertiary/aromatic N) is 1. The topological polar surface area (TPSA) is 32.3 Å². The Morgan fingerprint density at radius 2 is 2.00 bits per heavy atom. The molecule has 1 aromatic rings. The minimum atomic E-state index is 0.0936. The molecule has 1 aromatic carbocycles. The number of likely N-dealkylation sites (tertiary alicyclic amines) is 1. The summed E-state index contributed by atoms with van der Waals surface area (Å²) in [6.07, 6.45) is 2.12. The molecular weight excluding hydrogens is 248 g/mol. The van der Waals surface area contributed by atoms with E-state index in [0.717, 1.165) is 19.5 Å². The molecule has 3 heteroatoms. The molecule has 1 heterocycles. The minimum Gasteiger partial charge on any atom is -0.338 e. The molecule has 0 radical (unpaired) electrons. The lowest BCUT2D eigenvalue weighted by Crippen LogP contribution is -2.47. The van der Waals surface area contributed by atoms with Crippen LogP contribution >= 0.6 is 0 Å². The molecule has 2 rings (SSSR count). The lowest BCUT2D eigenvalue weighted by Gasteiger charge is -2.34. The molecule has 2 atom stereocenters. The van der Waals surface area contributed by atoms with Crippen LogP contribution in [-0.4, -0.2) is 30.6 Å². The van der Waals surface area contributed by atoms with Crippen molar-refractivity contribution < 1.29 is 4.79 Å². The fourth-order valence-corrected chi connectivity index (χ4v) is 3.12. The van der Waals surface area contributed by atoms with Gasteiger partial charge in [-0.25, -0.2) is 4.79 Å². The summed E-state index contributed by atoms with van der Waals surface area (Å²) in [5, 5.41) is 3.05. The second-order valence-corrected chi connectivity index (χ2v) is 6.32. The largest absolute Gasteiger partial charge is 0.338 e. The predicted molar refractivity (Wildman–Crippen MR) is 82.8 cm³/mol. The van der Waals surface area contributed by atoms with Crippen LogP contribution in [0.2, 0.25) is 0 Å². The summed E-state index contributed by atoms with van der Waals surface area (Å²) in [7, 11) is 0. The Morgan fingerprint density at radius 1 is 1.30 bits per heavy atom. The molecule has 0 saturated carbocycles. The van der Waals surface area contributed by atoms with Gasteiger partial charge in [0.25, 0.3) is 0 Å². The highest BCUT2D eigenvalue weighted by molar-refractivity contribution is 5.74. The third-order valence-electron chi connectivity index (χ3n) is 3.93. The molecule has 0 bridgehead atoms. The summed E-state index contributed by atoms with van der Waals surface area (Å²) in [5.74, 6) is 1.22. The number of carbonyl (C=O) groups is 1. The van der Waals surface area contributed by atoms with Gasteiger partial charge in [0.2, 0.25) is 0 Å². The lowest BCUT2D eigenvalue weighted by molar-refractivity contribution is 0.146. The molecule has 0 spiro atoms. The van der Waals surface area contributed by atoms with Gasteiger partial charge in [0, 0.05) is 19.6 Å². The summed E-state index contributed by atoms with van der Waals surface area (Å²) >= 11 is 0. The van der Waals surface area contributed by atoms with Gasteiger partial charge in [-0.15, -0.1) is 0 Å². The van der Waals surface area contributed by atoms with Gasteiger partial charge >= 0.3 is 6.03 Å². The number of urea groups is 1. The summed E-state index contributed by atoms with van der Waals surface area (Å²) in [6.45, 7) is 9.03. The average molecular weight is 274 g/mol. The van der Waals surface area contributed by atoms with Gasteiger partial charge in [0.1, 0.15) is 0 Å². The highest BCUT2D eigenvalue weighted by Crippen LogP contribution is 2.20. The molecule has 2 unspecified atom stereocenters. The maximum atomic E-state index is 12.2. The van der Waals surface area contributed by atoms with Crippen LogP contribution in [0.1, 0.15) is 31.4 Å². The van der Waals surface area contributed by atoms with E-state index in [4.69, 9.17) is 0 Å². The van der Waals surface area contributed by atoms with Crippen molar-refractivity contribution >= 4 is 6.03 Å². The minimum absolute atomic E-state index is 0.0936. The smallest absolute Gasteiger partial charge is 0.317 e. The number of aryl methyl sites for hydroxylation is 1. The number of rotatable bonds is 3. The van der Waals surface area contributed by atoms with Gasteiger partial charge in [0.05, 0.1) is 0 Å². The number of piperidine rings is 1. The van der Waals surface area contributed by atoms with E-state index in [1.807, 2.05) is 4.90 Å². The number of carbonyl (C=O) groups excluding carboxylic acids is 1. The molecule has 0 aromatic heterocycles. The zero-order chi connectivity index (χ0) is 14.5. The van der Waals surface area contributed by atoms with Crippen LogP contribution in [0.3, 0.4) is 0 Å². The van der Waals surface area contributed by atoms with Crippen LogP contribution in [0, 0.1) is 18.8 Å². The molecule has 1 aliphatic heterocycles. The first-order valence-corrected chi connectivity index (χ1v) is 7.63. The molecule has 1 aliphatic rings. The maximum Gasteiger partial charge on any atom is 0.317 e. The van der Waals surface area contributed by atoms with Crippen molar-refractivity contribution in [2.24, 2.45) is 11.8 Å². The second-order valence-electron chi connectivity index (χ2n) is 6.32. The highest BCUT2D eigenvalue weighted by Gasteiger charge is 2.24. The first-order valence-electron chi connectivity index (χ1n) is 7.63. The zero-order valence-electron chi connectivity index (χ0n) is 12.9. The fourth-order valence-electron chi connectivity index (χ4n) is 3.12. The standard InChI is InChI=1S/C17H26N2O/c1-13-5-4-6-16(10-13)7-8-18-17(20)19-11-14(2)9-15(3)12-19/h4-6,10,14-15H,7-9,11-12H2,1-3H3,(H,18,20). The van der Waals surface area contributed by atoms with Gasteiger partial charge in [0.15, 0.2) is 0 Å².